The van der Waals surface area contributed by atoms with E-state index < -0.39 is 48.9 Å². The first-order chi connectivity index (χ1) is 8.23. The Morgan fingerprint density at radius 2 is 1.94 bits per heavy atom. The molecule has 0 aromatic carbocycles. The van der Waals surface area contributed by atoms with Gasteiger partial charge in [-0.15, -0.1) is 0 Å². The Hall–Kier alpha value is -0.770. The molecular weight excluding hydrogens is 248 g/mol. The van der Waals surface area contributed by atoms with Gasteiger partial charge >= 0.3 is 5.97 Å². The van der Waals surface area contributed by atoms with Gasteiger partial charge in [0.1, 0.15) is 30.5 Å². The Morgan fingerprint density at radius 1 is 1.39 bits per heavy atom. The van der Waals surface area contributed by atoms with Crippen molar-refractivity contribution in [3.63, 3.8) is 0 Å². The summed E-state index contributed by atoms with van der Waals surface area (Å²) in [5, 5.41) is 46.8. The third-order valence-corrected chi connectivity index (χ3v) is 2.80. The maximum absolute atomic E-state index is 11.3. The minimum absolute atomic E-state index is 0.632. The van der Waals surface area contributed by atoms with Crippen LogP contribution in [-0.4, -0.2) is 74.4 Å². The molecule has 1 heterocycles. The van der Waals surface area contributed by atoms with Crippen LogP contribution in [-0.2, 0) is 14.3 Å². The summed E-state index contributed by atoms with van der Waals surface area (Å²) < 4.78 is 9.83. The number of hydrogen-bond acceptors (Lipinski definition) is 8. The molecule has 0 aromatic rings. The van der Waals surface area contributed by atoms with Crippen LogP contribution in [0.25, 0.3) is 0 Å². The fraction of sp³-hybridized carbons (Fsp3) is 0.900. The average Bonchev–Trinajstić information content (AvgIpc) is 2.31. The topological polar surface area (TPSA) is 137 Å². The third-order valence-electron chi connectivity index (χ3n) is 2.80. The zero-order chi connectivity index (χ0) is 14.1. The lowest BCUT2D eigenvalue weighted by atomic mass is 9.93. The van der Waals surface area contributed by atoms with Crippen molar-refractivity contribution in [2.75, 3.05) is 6.61 Å². The van der Waals surface area contributed by atoms with Gasteiger partial charge in [-0.25, -0.2) is 4.79 Å². The third kappa shape index (κ3) is 2.79. The van der Waals surface area contributed by atoms with E-state index in [0.717, 1.165) is 13.8 Å². The minimum Gasteiger partial charge on any atom is -0.428 e. The summed E-state index contributed by atoms with van der Waals surface area (Å²) in [5.74, 6) is -3.02. The number of carbonyl (C=O) groups is 1. The summed E-state index contributed by atoms with van der Waals surface area (Å²) in [6.45, 7) is 1.69. The Balaban J connectivity index is 2.88. The number of ether oxygens (including phenoxy) is 2. The summed E-state index contributed by atoms with van der Waals surface area (Å²) in [7, 11) is 0. The van der Waals surface area contributed by atoms with E-state index in [9.17, 15) is 20.1 Å². The van der Waals surface area contributed by atoms with Crippen LogP contribution in [0.5, 0.6) is 0 Å². The molecule has 8 nitrogen and oxygen atoms in total. The monoisotopic (exact) mass is 266 g/mol. The molecule has 0 spiro atoms. The molecule has 0 bridgehead atoms. The number of aliphatic hydroxyl groups excluding tert-OH is 5. The van der Waals surface area contributed by atoms with Crippen molar-refractivity contribution in [2.24, 2.45) is 0 Å². The SMILES string of the molecule is CC(O)C(=O)OC1(C)O[C@H](CO)[C@@H](O)[C@H](O)[C@H]1O. The molecule has 0 aliphatic carbocycles. The lowest BCUT2D eigenvalue weighted by Gasteiger charge is -2.45. The highest BCUT2D eigenvalue weighted by Crippen LogP contribution is 2.31. The first-order valence-electron chi connectivity index (χ1n) is 5.46. The molecule has 5 N–H and O–H groups in total. The lowest BCUT2D eigenvalue weighted by molar-refractivity contribution is -0.345. The molecular formula is C10H18O8. The fourth-order valence-electron chi connectivity index (χ4n) is 1.67. The van der Waals surface area contributed by atoms with Gasteiger partial charge in [-0.05, 0) is 6.92 Å². The van der Waals surface area contributed by atoms with Crippen molar-refractivity contribution in [3.05, 3.63) is 0 Å². The predicted molar refractivity (Wildman–Crippen MR) is 56.2 cm³/mol. The quantitative estimate of drug-likeness (QED) is 0.343. The van der Waals surface area contributed by atoms with E-state index >= 15 is 0 Å². The molecule has 1 fully saturated rings. The number of aliphatic hydroxyl groups is 5. The van der Waals surface area contributed by atoms with Gasteiger partial charge in [0.25, 0.3) is 0 Å². The van der Waals surface area contributed by atoms with Crippen LogP contribution >= 0.6 is 0 Å². The van der Waals surface area contributed by atoms with Crippen molar-refractivity contribution < 1.29 is 39.8 Å². The van der Waals surface area contributed by atoms with Crippen LogP contribution in [0.3, 0.4) is 0 Å². The van der Waals surface area contributed by atoms with E-state index in [4.69, 9.17) is 19.7 Å². The van der Waals surface area contributed by atoms with Crippen molar-refractivity contribution in [1.82, 2.24) is 0 Å². The van der Waals surface area contributed by atoms with Crippen LogP contribution in [0.1, 0.15) is 13.8 Å². The fourth-order valence-corrected chi connectivity index (χ4v) is 1.67. The Morgan fingerprint density at radius 3 is 2.39 bits per heavy atom. The molecule has 18 heavy (non-hydrogen) atoms. The van der Waals surface area contributed by atoms with Gasteiger partial charge in [0.15, 0.2) is 0 Å². The highest BCUT2D eigenvalue weighted by Gasteiger charge is 2.53. The molecule has 1 aliphatic heterocycles. The van der Waals surface area contributed by atoms with Crippen LogP contribution in [0.4, 0.5) is 0 Å². The van der Waals surface area contributed by atoms with Crippen molar-refractivity contribution in [3.8, 4) is 0 Å². The van der Waals surface area contributed by atoms with E-state index in [1.54, 1.807) is 0 Å². The molecule has 0 amide bonds. The zero-order valence-corrected chi connectivity index (χ0v) is 10.1. The van der Waals surface area contributed by atoms with Gasteiger partial charge in [0.2, 0.25) is 5.79 Å². The lowest BCUT2D eigenvalue weighted by Crippen LogP contribution is -2.65. The van der Waals surface area contributed by atoms with Crippen LogP contribution in [0, 0.1) is 0 Å². The molecule has 0 radical (unpaired) electrons. The standard InChI is InChI=1S/C10H18O8/c1-4(12)9(16)18-10(2)8(15)7(14)6(13)5(3-11)17-10/h4-8,11-15H,3H2,1-2H3/t4?,5-,6-,7+,8-,10?/m1/s1. The van der Waals surface area contributed by atoms with Crippen molar-refractivity contribution >= 4 is 5.97 Å². The van der Waals surface area contributed by atoms with Crippen molar-refractivity contribution in [1.29, 1.82) is 0 Å². The summed E-state index contributed by atoms with van der Waals surface area (Å²) >= 11 is 0. The number of hydrogen-bond donors (Lipinski definition) is 5. The van der Waals surface area contributed by atoms with E-state index in [-0.39, 0.29) is 0 Å². The van der Waals surface area contributed by atoms with Gasteiger partial charge < -0.3 is 35.0 Å². The van der Waals surface area contributed by atoms with Gasteiger partial charge in [-0.1, -0.05) is 0 Å². The molecule has 8 heteroatoms. The van der Waals surface area contributed by atoms with E-state index in [2.05, 4.69) is 0 Å². The summed E-state index contributed by atoms with van der Waals surface area (Å²) in [5.41, 5.74) is 0. The normalized spacial score (nSPS) is 42.4. The highest BCUT2D eigenvalue weighted by molar-refractivity contribution is 5.74. The van der Waals surface area contributed by atoms with Crippen molar-refractivity contribution in [2.45, 2.75) is 50.2 Å². The summed E-state index contributed by atoms with van der Waals surface area (Å²) in [6.07, 6.45) is -7.52. The summed E-state index contributed by atoms with van der Waals surface area (Å²) in [4.78, 5) is 11.3. The molecule has 1 saturated heterocycles. The Bertz CT molecular complexity index is 304. The molecule has 0 saturated carbocycles. The maximum Gasteiger partial charge on any atom is 0.337 e. The average molecular weight is 266 g/mol. The second-order valence-electron chi connectivity index (χ2n) is 4.38. The first kappa shape index (κ1) is 15.3. The van der Waals surface area contributed by atoms with Crippen LogP contribution in [0.2, 0.25) is 0 Å². The molecule has 1 rings (SSSR count). The van der Waals surface area contributed by atoms with Gasteiger partial charge in [0, 0.05) is 6.92 Å². The van der Waals surface area contributed by atoms with Gasteiger partial charge in [-0.2, -0.15) is 0 Å². The van der Waals surface area contributed by atoms with E-state index in [0.29, 0.717) is 0 Å². The highest BCUT2D eigenvalue weighted by atomic mass is 16.7. The maximum atomic E-state index is 11.3. The molecule has 106 valence electrons. The zero-order valence-electron chi connectivity index (χ0n) is 10.1. The predicted octanol–water partition coefficient (Wildman–Crippen LogP) is -2.90. The molecule has 6 atom stereocenters. The van der Waals surface area contributed by atoms with Crippen LogP contribution in [0.15, 0.2) is 0 Å². The summed E-state index contributed by atoms with van der Waals surface area (Å²) in [6, 6.07) is 0. The number of carbonyl (C=O) groups excluding carboxylic acids is 1. The second kappa shape index (κ2) is 5.47. The molecule has 2 unspecified atom stereocenters. The van der Waals surface area contributed by atoms with Gasteiger partial charge in [-0.3, -0.25) is 0 Å². The Kier molecular flexibility index (Phi) is 4.65. The number of esters is 1. The number of rotatable bonds is 3. The Labute approximate surface area is 103 Å². The smallest absolute Gasteiger partial charge is 0.337 e. The largest absolute Gasteiger partial charge is 0.428 e. The minimum atomic E-state index is -1.96. The molecule has 0 aromatic heterocycles. The van der Waals surface area contributed by atoms with E-state index in [1.807, 2.05) is 0 Å². The second-order valence-corrected chi connectivity index (χ2v) is 4.38. The van der Waals surface area contributed by atoms with Gasteiger partial charge in [0.05, 0.1) is 6.61 Å². The molecule has 1 aliphatic rings. The van der Waals surface area contributed by atoms with Crippen LogP contribution < -0.4 is 0 Å². The first-order valence-corrected chi connectivity index (χ1v) is 5.46. The van der Waals surface area contributed by atoms with E-state index in [1.165, 1.54) is 0 Å².